The minimum absolute atomic E-state index is 0.122. The Morgan fingerprint density at radius 2 is 1.93 bits per heavy atom. The second kappa shape index (κ2) is 8.58. The topological polar surface area (TPSA) is 59.8 Å². The van der Waals surface area contributed by atoms with Crippen molar-refractivity contribution in [3.8, 4) is 0 Å². The van der Waals surface area contributed by atoms with Crippen LogP contribution in [-0.2, 0) is 28.9 Å². The average Bonchev–Trinajstić information content (AvgIpc) is 3.10. The number of carbonyl (C=O) groups is 2. The van der Waals surface area contributed by atoms with Gasteiger partial charge in [-0.1, -0.05) is 42.5 Å². The van der Waals surface area contributed by atoms with Crippen LogP contribution in [-0.4, -0.2) is 31.6 Å². The second-order valence-electron chi connectivity index (χ2n) is 8.05. The fourth-order valence-electron chi connectivity index (χ4n) is 4.19. The van der Waals surface area contributed by atoms with Crippen molar-refractivity contribution in [2.75, 3.05) is 19.0 Å². The first-order chi connectivity index (χ1) is 14.5. The van der Waals surface area contributed by atoms with Gasteiger partial charge in [0.05, 0.1) is 36.6 Å². The molecule has 2 aromatic carbocycles. The molecule has 156 valence electrons. The molecule has 0 aliphatic carbocycles. The summed E-state index contributed by atoms with van der Waals surface area (Å²) in [5.74, 6) is -0.496. The van der Waals surface area contributed by atoms with E-state index in [2.05, 4.69) is 19.2 Å². The Morgan fingerprint density at radius 1 is 1.17 bits per heavy atom. The van der Waals surface area contributed by atoms with Gasteiger partial charge >= 0.3 is 5.97 Å². The van der Waals surface area contributed by atoms with E-state index in [0.29, 0.717) is 16.6 Å². The standard InChI is InChI=1S/C24H26N2O3S/c1-15(2)26-12-11-19-20(14-26)30-23(22(19)24(28)29-3)25-21(27)13-17-9-6-8-16-7-4-5-10-18(16)17/h4-10,15H,11-14H2,1-3H3,(H,25,27)/p+1. The Kier molecular flexibility index (Phi) is 5.88. The summed E-state index contributed by atoms with van der Waals surface area (Å²) in [5, 5.41) is 5.81. The van der Waals surface area contributed by atoms with Gasteiger partial charge in [-0.15, -0.1) is 11.3 Å². The van der Waals surface area contributed by atoms with Crippen LogP contribution in [0.15, 0.2) is 42.5 Å². The van der Waals surface area contributed by atoms with Crippen LogP contribution < -0.4 is 10.2 Å². The first-order valence-electron chi connectivity index (χ1n) is 10.3. The first-order valence-corrected chi connectivity index (χ1v) is 11.1. The molecule has 2 N–H and O–H groups in total. The highest BCUT2D eigenvalue weighted by atomic mass is 32.1. The molecular weight excluding hydrogens is 396 g/mol. The number of benzene rings is 2. The summed E-state index contributed by atoms with van der Waals surface area (Å²) in [5.41, 5.74) is 2.55. The summed E-state index contributed by atoms with van der Waals surface area (Å²) >= 11 is 1.52. The van der Waals surface area contributed by atoms with Gasteiger partial charge in [0.2, 0.25) is 5.91 Å². The minimum atomic E-state index is -0.374. The number of methoxy groups -OCH3 is 1. The van der Waals surface area contributed by atoms with Gasteiger partial charge in [0.1, 0.15) is 11.5 Å². The van der Waals surface area contributed by atoms with Gasteiger partial charge in [-0.25, -0.2) is 4.79 Å². The summed E-state index contributed by atoms with van der Waals surface area (Å²) in [6.45, 7) is 6.28. The lowest BCUT2D eigenvalue weighted by Crippen LogP contribution is -3.14. The Hall–Kier alpha value is -2.70. The zero-order valence-electron chi connectivity index (χ0n) is 17.6. The van der Waals surface area contributed by atoms with Crippen LogP contribution in [0.1, 0.15) is 40.2 Å². The van der Waals surface area contributed by atoms with Crippen molar-refractivity contribution in [2.45, 2.75) is 39.3 Å². The number of thiophene rings is 1. The number of quaternary nitrogens is 1. The van der Waals surface area contributed by atoms with Crippen LogP contribution in [0.2, 0.25) is 0 Å². The Morgan fingerprint density at radius 3 is 2.70 bits per heavy atom. The summed E-state index contributed by atoms with van der Waals surface area (Å²) in [7, 11) is 1.39. The molecule has 1 amide bonds. The lowest BCUT2D eigenvalue weighted by molar-refractivity contribution is -0.936. The zero-order chi connectivity index (χ0) is 21.3. The molecule has 0 fully saturated rings. The van der Waals surface area contributed by atoms with Crippen molar-refractivity contribution in [3.05, 3.63) is 64.0 Å². The van der Waals surface area contributed by atoms with Gasteiger partial charge in [-0.3, -0.25) is 4.79 Å². The molecule has 6 heteroatoms. The van der Waals surface area contributed by atoms with Gasteiger partial charge in [-0.05, 0) is 35.7 Å². The molecule has 1 atom stereocenters. The number of anilines is 1. The summed E-state index contributed by atoms with van der Waals surface area (Å²) < 4.78 is 5.04. The molecule has 0 radical (unpaired) electrons. The van der Waals surface area contributed by atoms with Crippen molar-refractivity contribution in [3.63, 3.8) is 0 Å². The number of fused-ring (bicyclic) bond motifs is 2. The van der Waals surface area contributed by atoms with E-state index < -0.39 is 0 Å². The lowest BCUT2D eigenvalue weighted by Gasteiger charge is -2.27. The van der Waals surface area contributed by atoms with Crippen LogP contribution >= 0.6 is 11.3 Å². The highest BCUT2D eigenvalue weighted by Gasteiger charge is 2.31. The molecule has 1 aromatic heterocycles. The van der Waals surface area contributed by atoms with Crippen molar-refractivity contribution >= 4 is 39.0 Å². The SMILES string of the molecule is COC(=O)c1c(NC(=O)Cc2cccc3ccccc23)sc2c1CC[NH+](C(C)C)C2. The first kappa shape index (κ1) is 20.6. The molecular formula is C24H27N2O3S+. The van der Waals surface area contributed by atoms with Crippen molar-refractivity contribution in [1.82, 2.24) is 0 Å². The number of esters is 1. The van der Waals surface area contributed by atoms with E-state index in [9.17, 15) is 9.59 Å². The predicted molar refractivity (Wildman–Crippen MR) is 120 cm³/mol. The normalized spacial score (nSPS) is 15.8. The molecule has 1 aliphatic heterocycles. The summed E-state index contributed by atoms with van der Waals surface area (Å²) in [6, 6.07) is 14.6. The number of hydrogen-bond donors (Lipinski definition) is 2. The molecule has 1 aliphatic rings. The fourth-order valence-corrected chi connectivity index (χ4v) is 5.49. The number of nitrogens with one attached hydrogen (secondary N) is 2. The van der Waals surface area contributed by atoms with E-state index in [1.54, 1.807) is 0 Å². The van der Waals surface area contributed by atoms with Crippen LogP contribution in [0.5, 0.6) is 0 Å². The third kappa shape index (κ3) is 3.98. The van der Waals surface area contributed by atoms with Crippen molar-refractivity contribution in [1.29, 1.82) is 0 Å². The van der Waals surface area contributed by atoms with Gasteiger partial charge in [0.25, 0.3) is 0 Å². The van der Waals surface area contributed by atoms with Crippen LogP contribution in [0.3, 0.4) is 0 Å². The molecule has 0 bridgehead atoms. The third-order valence-corrected chi connectivity index (χ3v) is 7.01. The monoisotopic (exact) mass is 423 g/mol. The number of ether oxygens (including phenoxy) is 1. The maximum absolute atomic E-state index is 12.9. The molecule has 4 rings (SSSR count). The molecule has 30 heavy (non-hydrogen) atoms. The number of amides is 1. The van der Waals surface area contributed by atoms with E-state index in [1.165, 1.54) is 28.2 Å². The minimum Gasteiger partial charge on any atom is -0.465 e. The summed E-state index contributed by atoms with van der Waals surface area (Å²) in [6.07, 6.45) is 1.08. The highest BCUT2D eigenvalue weighted by molar-refractivity contribution is 7.17. The van der Waals surface area contributed by atoms with E-state index in [4.69, 9.17) is 4.74 Å². The zero-order valence-corrected chi connectivity index (χ0v) is 18.4. The Bertz CT molecular complexity index is 1100. The number of rotatable bonds is 5. The quantitative estimate of drug-likeness (QED) is 0.620. The van der Waals surface area contributed by atoms with Gasteiger partial charge in [-0.2, -0.15) is 0 Å². The Labute approximate surface area is 180 Å². The van der Waals surface area contributed by atoms with E-state index in [1.807, 2.05) is 42.5 Å². The predicted octanol–water partition coefficient (Wildman–Crippen LogP) is 3.22. The van der Waals surface area contributed by atoms with Crippen LogP contribution in [0.4, 0.5) is 5.00 Å². The summed E-state index contributed by atoms with van der Waals surface area (Å²) in [4.78, 5) is 28.1. The number of carbonyl (C=O) groups excluding carboxylic acids is 2. The number of hydrogen-bond acceptors (Lipinski definition) is 4. The van der Waals surface area contributed by atoms with Crippen molar-refractivity contribution < 1.29 is 19.2 Å². The van der Waals surface area contributed by atoms with Gasteiger partial charge in [0.15, 0.2) is 0 Å². The maximum Gasteiger partial charge on any atom is 0.341 e. The Balaban J connectivity index is 1.61. The highest BCUT2D eigenvalue weighted by Crippen LogP contribution is 2.35. The van der Waals surface area contributed by atoms with Gasteiger partial charge < -0.3 is 15.0 Å². The van der Waals surface area contributed by atoms with E-state index in [-0.39, 0.29) is 18.3 Å². The fraction of sp³-hybridized carbons (Fsp3) is 0.333. The molecule has 0 saturated carbocycles. The molecule has 0 saturated heterocycles. The van der Waals surface area contributed by atoms with Crippen LogP contribution in [0, 0.1) is 0 Å². The van der Waals surface area contributed by atoms with E-state index in [0.717, 1.165) is 41.4 Å². The third-order valence-electron chi connectivity index (χ3n) is 5.86. The van der Waals surface area contributed by atoms with Crippen molar-refractivity contribution in [2.24, 2.45) is 0 Å². The van der Waals surface area contributed by atoms with E-state index >= 15 is 0 Å². The smallest absolute Gasteiger partial charge is 0.341 e. The molecule has 1 unspecified atom stereocenters. The second-order valence-corrected chi connectivity index (χ2v) is 9.16. The molecule has 3 aromatic rings. The van der Waals surface area contributed by atoms with Crippen LogP contribution in [0.25, 0.3) is 10.8 Å². The maximum atomic E-state index is 12.9. The molecule has 2 heterocycles. The molecule has 5 nitrogen and oxygen atoms in total. The van der Waals surface area contributed by atoms with Gasteiger partial charge in [0, 0.05) is 6.42 Å². The lowest BCUT2D eigenvalue weighted by atomic mass is 10.0. The largest absolute Gasteiger partial charge is 0.465 e. The molecule has 0 spiro atoms. The average molecular weight is 424 g/mol.